The summed E-state index contributed by atoms with van der Waals surface area (Å²) in [5.41, 5.74) is 8.81. The molecule has 1 aliphatic carbocycles. The minimum atomic E-state index is -3.17. The number of rotatable bonds is 6. The van der Waals surface area contributed by atoms with Crippen molar-refractivity contribution in [2.45, 2.75) is 5.92 Å². The van der Waals surface area contributed by atoms with Gasteiger partial charge in [0.25, 0.3) is 5.92 Å². The number of nitrogens with zero attached hydrogens (tertiary/aromatic N) is 4. The minimum absolute atomic E-state index is 0.0511. The fraction of sp³-hybridized carbons (Fsp3) is 0.0222. The van der Waals surface area contributed by atoms with Crippen molar-refractivity contribution >= 4 is 0 Å². The number of hydrogen-bond acceptors (Lipinski definition) is 4. The average molecular weight is 663 g/mol. The van der Waals surface area contributed by atoms with Crippen LogP contribution in [0.3, 0.4) is 0 Å². The summed E-state index contributed by atoms with van der Waals surface area (Å²) < 4.78 is 32.2. The summed E-state index contributed by atoms with van der Waals surface area (Å²) >= 11 is 0. The topological polar surface area (TPSA) is 51.6 Å². The molecule has 0 atom stereocenters. The summed E-state index contributed by atoms with van der Waals surface area (Å²) in [4.78, 5) is 19.8. The molecule has 9 rings (SSSR count). The van der Waals surface area contributed by atoms with Crippen LogP contribution in [0.15, 0.2) is 170 Å². The van der Waals surface area contributed by atoms with Gasteiger partial charge in [-0.15, -0.1) is 0 Å². The quantitative estimate of drug-likeness (QED) is 0.178. The lowest BCUT2D eigenvalue weighted by atomic mass is 10.00. The van der Waals surface area contributed by atoms with Crippen molar-refractivity contribution in [3.05, 3.63) is 181 Å². The molecule has 8 aromatic rings. The molecule has 0 aliphatic heterocycles. The van der Waals surface area contributed by atoms with E-state index in [1.165, 1.54) is 12.1 Å². The number of fused-ring (bicyclic) bond motifs is 3. The molecule has 6 heteroatoms. The Balaban J connectivity index is 1.19. The maximum atomic E-state index is 16.1. The lowest BCUT2D eigenvalue weighted by Gasteiger charge is -2.13. The predicted molar refractivity (Wildman–Crippen MR) is 199 cm³/mol. The highest BCUT2D eigenvalue weighted by Crippen LogP contribution is 2.52. The molecule has 1 aliphatic rings. The summed E-state index contributed by atoms with van der Waals surface area (Å²) in [7, 11) is 0. The van der Waals surface area contributed by atoms with E-state index in [9.17, 15) is 0 Å². The van der Waals surface area contributed by atoms with Crippen molar-refractivity contribution in [2.75, 3.05) is 0 Å². The molecule has 0 bridgehead atoms. The van der Waals surface area contributed by atoms with Crippen LogP contribution in [-0.2, 0) is 5.92 Å². The Morgan fingerprint density at radius 3 is 0.902 bits per heavy atom. The molecular formula is C45H28F2N4. The fourth-order valence-electron chi connectivity index (χ4n) is 6.68. The van der Waals surface area contributed by atoms with Crippen LogP contribution in [0, 0.1) is 0 Å². The predicted octanol–water partition coefficient (Wildman–Crippen LogP) is 11.4. The van der Waals surface area contributed by atoms with Crippen LogP contribution >= 0.6 is 0 Å². The molecule has 0 saturated carbocycles. The largest absolute Gasteiger partial charge is 0.299 e. The Morgan fingerprint density at radius 2 is 0.608 bits per heavy atom. The highest BCUT2D eigenvalue weighted by atomic mass is 19.3. The fourth-order valence-corrected chi connectivity index (χ4v) is 6.68. The first-order valence-electron chi connectivity index (χ1n) is 16.7. The molecular weight excluding hydrogens is 635 g/mol. The van der Waals surface area contributed by atoms with Gasteiger partial charge in [-0.3, -0.25) is 0 Å². The van der Waals surface area contributed by atoms with Crippen LogP contribution in [0.25, 0.3) is 78.9 Å². The molecule has 0 spiro atoms. The maximum Gasteiger partial charge on any atom is 0.299 e. The molecule has 0 N–H and O–H groups in total. The van der Waals surface area contributed by atoms with Crippen molar-refractivity contribution in [2.24, 2.45) is 0 Å². The Hall–Kier alpha value is -6.66. The third-order valence-corrected chi connectivity index (χ3v) is 9.25. The van der Waals surface area contributed by atoms with Crippen LogP contribution in [0.2, 0.25) is 0 Å². The van der Waals surface area contributed by atoms with Crippen LogP contribution < -0.4 is 0 Å². The lowest BCUT2D eigenvalue weighted by Crippen LogP contribution is -2.10. The van der Waals surface area contributed by atoms with E-state index in [2.05, 4.69) is 0 Å². The SMILES string of the molecule is FC1(F)c2ccc(-c3nc(-c4ccccc4)cc(-c4ccccc4)n3)cc2-c2cc(-c3nc(-c4ccccc4)cc(-c4ccccc4)n3)ccc21. The summed E-state index contributed by atoms with van der Waals surface area (Å²) in [5, 5.41) is 0. The molecule has 0 radical (unpaired) electrons. The Kier molecular flexibility index (Phi) is 7.36. The van der Waals surface area contributed by atoms with Crippen LogP contribution in [-0.4, -0.2) is 19.9 Å². The first-order chi connectivity index (χ1) is 25.0. The van der Waals surface area contributed by atoms with E-state index in [0.717, 1.165) is 45.0 Å². The van der Waals surface area contributed by atoms with Gasteiger partial charge in [0.15, 0.2) is 11.6 Å². The van der Waals surface area contributed by atoms with E-state index in [1.54, 1.807) is 24.3 Å². The van der Waals surface area contributed by atoms with E-state index in [0.29, 0.717) is 33.9 Å². The summed E-state index contributed by atoms with van der Waals surface area (Å²) in [6.07, 6.45) is 0. The van der Waals surface area contributed by atoms with E-state index >= 15 is 8.78 Å². The smallest absolute Gasteiger partial charge is 0.228 e. The molecule has 0 unspecified atom stereocenters. The van der Waals surface area contributed by atoms with Gasteiger partial charge in [-0.2, -0.15) is 8.78 Å². The number of aromatic nitrogens is 4. The van der Waals surface area contributed by atoms with Crippen molar-refractivity contribution < 1.29 is 8.78 Å². The number of hydrogen-bond donors (Lipinski definition) is 0. The monoisotopic (exact) mass is 662 g/mol. The highest BCUT2D eigenvalue weighted by Gasteiger charge is 2.44. The molecule has 2 heterocycles. The van der Waals surface area contributed by atoms with Crippen LogP contribution in [0.5, 0.6) is 0 Å². The van der Waals surface area contributed by atoms with Gasteiger partial charge >= 0.3 is 0 Å². The summed E-state index contributed by atoms with van der Waals surface area (Å²) in [5.74, 6) is -2.26. The van der Waals surface area contributed by atoms with E-state index < -0.39 is 5.92 Å². The average Bonchev–Trinajstić information content (AvgIpc) is 3.43. The van der Waals surface area contributed by atoms with Gasteiger partial charge in [0.1, 0.15) is 0 Å². The van der Waals surface area contributed by atoms with Gasteiger partial charge in [-0.05, 0) is 35.4 Å². The second-order valence-electron chi connectivity index (χ2n) is 12.5. The minimum Gasteiger partial charge on any atom is -0.228 e. The van der Waals surface area contributed by atoms with Crippen molar-refractivity contribution in [3.8, 4) is 78.9 Å². The molecule has 6 aromatic carbocycles. The Labute approximate surface area is 293 Å². The number of alkyl halides is 2. The second-order valence-corrected chi connectivity index (χ2v) is 12.5. The number of benzene rings is 6. The zero-order chi connectivity index (χ0) is 34.4. The molecule has 2 aromatic heterocycles. The van der Waals surface area contributed by atoms with Crippen molar-refractivity contribution in [1.82, 2.24) is 19.9 Å². The van der Waals surface area contributed by atoms with Gasteiger partial charge < -0.3 is 0 Å². The molecule has 0 saturated heterocycles. The van der Waals surface area contributed by atoms with Crippen LogP contribution in [0.4, 0.5) is 8.78 Å². The molecule has 4 nitrogen and oxygen atoms in total. The first-order valence-corrected chi connectivity index (χ1v) is 16.7. The second kappa shape index (κ2) is 12.3. The standard InChI is InChI=1S/C45H28F2N4/c46-45(47)37-23-21-33(43-48-39(29-13-5-1-6-14-29)27-40(49-43)30-15-7-2-8-16-30)25-35(37)36-26-34(22-24-38(36)45)44-50-41(31-17-9-3-10-18-31)28-42(51-44)32-19-11-4-12-20-32/h1-28H. The third kappa shape index (κ3) is 5.57. The summed E-state index contributed by atoms with van der Waals surface area (Å²) in [6, 6.07) is 53.5. The Bertz CT molecular complexity index is 2250. The molecule has 0 amide bonds. The zero-order valence-electron chi connectivity index (χ0n) is 27.2. The van der Waals surface area contributed by atoms with Gasteiger partial charge in [-0.1, -0.05) is 146 Å². The van der Waals surface area contributed by atoms with E-state index in [4.69, 9.17) is 19.9 Å². The van der Waals surface area contributed by atoms with E-state index in [1.807, 2.05) is 133 Å². The van der Waals surface area contributed by atoms with Crippen molar-refractivity contribution in [1.29, 1.82) is 0 Å². The number of halogens is 2. The maximum absolute atomic E-state index is 16.1. The molecule has 0 fully saturated rings. The molecule has 242 valence electrons. The van der Waals surface area contributed by atoms with Crippen LogP contribution in [0.1, 0.15) is 11.1 Å². The highest BCUT2D eigenvalue weighted by molar-refractivity contribution is 5.86. The van der Waals surface area contributed by atoms with Gasteiger partial charge in [0, 0.05) is 44.5 Å². The lowest BCUT2D eigenvalue weighted by molar-refractivity contribution is 0.0480. The van der Waals surface area contributed by atoms with Gasteiger partial charge in [-0.25, -0.2) is 19.9 Å². The normalized spacial score (nSPS) is 12.7. The zero-order valence-corrected chi connectivity index (χ0v) is 27.2. The third-order valence-electron chi connectivity index (χ3n) is 9.25. The molecule has 51 heavy (non-hydrogen) atoms. The van der Waals surface area contributed by atoms with E-state index in [-0.39, 0.29) is 11.1 Å². The van der Waals surface area contributed by atoms with Gasteiger partial charge in [0.05, 0.1) is 22.8 Å². The van der Waals surface area contributed by atoms with Gasteiger partial charge in [0.2, 0.25) is 0 Å². The first kappa shape index (κ1) is 30.4. The summed E-state index contributed by atoms with van der Waals surface area (Å²) in [6.45, 7) is 0. The Morgan fingerprint density at radius 1 is 0.314 bits per heavy atom. The van der Waals surface area contributed by atoms with Crippen molar-refractivity contribution in [3.63, 3.8) is 0 Å².